The molecule has 1 aromatic carbocycles. The fourth-order valence-corrected chi connectivity index (χ4v) is 3.91. The van der Waals surface area contributed by atoms with E-state index in [0.29, 0.717) is 0 Å². The third kappa shape index (κ3) is 2.08. The zero-order valence-electron chi connectivity index (χ0n) is 11.2. The van der Waals surface area contributed by atoms with E-state index in [2.05, 4.69) is 10.1 Å². The molecular weight excluding hydrogens is 332 g/mol. The van der Waals surface area contributed by atoms with Crippen LogP contribution in [0.3, 0.4) is 0 Å². The number of rotatable bonds is 1. The standard InChI is InChI=1S/C13H9ClN2O5S/c1-21-13(18)7-2-3-11-9(4-7)15-12(17)10-5-8(14)6-16(10)22(11,19)20/h2-6H,1H3,(H,15,17). The van der Waals surface area contributed by atoms with Crippen molar-refractivity contribution < 1.29 is 22.7 Å². The van der Waals surface area contributed by atoms with E-state index in [1.165, 1.54) is 31.4 Å². The molecule has 0 aliphatic carbocycles. The number of fused-ring (bicyclic) bond motifs is 2. The average Bonchev–Trinajstić information content (AvgIpc) is 2.86. The molecule has 0 spiro atoms. The monoisotopic (exact) mass is 340 g/mol. The normalized spacial score (nSPS) is 15.3. The lowest BCUT2D eigenvalue weighted by molar-refractivity contribution is 0.0600. The molecule has 7 nitrogen and oxygen atoms in total. The molecule has 0 atom stereocenters. The second-order valence-corrected chi connectivity index (χ2v) is 6.72. The number of aromatic nitrogens is 1. The van der Waals surface area contributed by atoms with Gasteiger partial charge < -0.3 is 10.1 Å². The number of amides is 1. The number of ether oxygens (including phenoxy) is 1. The highest BCUT2D eigenvalue weighted by molar-refractivity contribution is 7.90. The van der Waals surface area contributed by atoms with Gasteiger partial charge in [-0.25, -0.2) is 17.2 Å². The number of nitrogens with zero attached hydrogens (tertiary/aromatic N) is 1. The van der Waals surface area contributed by atoms with Crippen molar-refractivity contribution >= 4 is 39.2 Å². The summed E-state index contributed by atoms with van der Waals surface area (Å²) >= 11 is 5.78. The maximum atomic E-state index is 12.6. The lowest BCUT2D eigenvalue weighted by Gasteiger charge is -2.09. The number of hydrogen-bond acceptors (Lipinski definition) is 5. The molecule has 114 valence electrons. The van der Waals surface area contributed by atoms with Gasteiger partial charge in [-0.2, -0.15) is 0 Å². The lowest BCUT2D eigenvalue weighted by Crippen LogP contribution is -2.16. The van der Waals surface area contributed by atoms with Crippen molar-refractivity contribution in [2.24, 2.45) is 0 Å². The number of methoxy groups -OCH3 is 1. The first-order valence-corrected chi connectivity index (χ1v) is 7.83. The predicted octanol–water partition coefficient (Wildman–Crippen LogP) is 1.73. The van der Waals surface area contributed by atoms with Gasteiger partial charge >= 0.3 is 5.97 Å². The first-order valence-electron chi connectivity index (χ1n) is 6.02. The molecule has 2 heterocycles. The maximum absolute atomic E-state index is 12.6. The molecular formula is C13H9ClN2O5S. The number of benzene rings is 1. The predicted molar refractivity (Wildman–Crippen MR) is 77.8 cm³/mol. The van der Waals surface area contributed by atoms with Crippen LogP contribution >= 0.6 is 11.6 Å². The van der Waals surface area contributed by atoms with Gasteiger partial charge in [0.25, 0.3) is 15.9 Å². The SMILES string of the molecule is COC(=O)c1ccc2c(c1)NC(=O)c1cc(Cl)cn1S2(=O)=O. The number of hydrogen-bond donors (Lipinski definition) is 1. The largest absolute Gasteiger partial charge is 0.465 e. The van der Waals surface area contributed by atoms with Crippen molar-refractivity contribution in [2.75, 3.05) is 12.4 Å². The molecule has 2 aromatic rings. The molecule has 0 bridgehead atoms. The Morgan fingerprint density at radius 3 is 2.73 bits per heavy atom. The minimum absolute atomic E-state index is 0.00715. The summed E-state index contributed by atoms with van der Waals surface area (Å²) in [5, 5.41) is 2.59. The van der Waals surface area contributed by atoms with Crippen molar-refractivity contribution in [3.05, 3.63) is 46.7 Å². The van der Waals surface area contributed by atoms with Crippen LogP contribution in [0.1, 0.15) is 20.8 Å². The fourth-order valence-electron chi connectivity index (χ4n) is 2.17. The molecule has 1 N–H and O–H groups in total. The van der Waals surface area contributed by atoms with Crippen LogP contribution < -0.4 is 5.32 Å². The van der Waals surface area contributed by atoms with E-state index < -0.39 is 21.9 Å². The molecule has 0 radical (unpaired) electrons. The molecule has 0 saturated carbocycles. The van der Waals surface area contributed by atoms with E-state index in [9.17, 15) is 18.0 Å². The molecule has 3 rings (SSSR count). The number of carbonyl (C=O) groups is 2. The Kier molecular flexibility index (Phi) is 3.22. The zero-order chi connectivity index (χ0) is 16.1. The van der Waals surface area contributed by atoms with Crippen LogP contribution in [-0.4, -0.2) is 31.4 Å². The minimum atomic E-state index is -4.00. The second kappa shape index (κ2) is 4.85. The van der Waals surface area contributed by atoms with Crippen LogP contribution in [-0.2, 0) is 14.8 Å². The quantitative estimate of drug-likeness (QED) is 0.798. The molecule has 1 aromatic heterocycles. The van der Waals surface area contributed by atoms with E-state index in [1.807, 2.05) is 0 Å². The Morgan fingerprint density at radius 1 is 1.32 bits per heavy atom. The Bertz CT molecular complexity index is 917. The van der Waals surface area contributed by atoms with E-state index in [-0.39, 0.29) is 26.9 Å². The Morgan fingerprint density at radius 2 is 2.05 bits per heavy atom. The van der Waals surface area contributed by atoms with Gasteiger partial charge in [0.1, 0.15) is 10.6 Å². The summed E-state index contributed by atoms with van der Waals surface area (Å²) in [7, 11) is -2.80. The van der Waals surface area contributed by atoms with Crippen LogP contribution in [0.15, 0.2) is 35.4 Å². The van der Waals surface area contributed by atoms with Crippen LogP contribution in [0.2, 0.25) is 5.02 Å². The summed E-state index contributed by atoms with van der Waals surface area (Å²) in [5.41, 5.74) is 0.0231. The zero-order valence-corrected chi connectivity index (χ0v) is 12.7. The summed E-state index contributed by atoms with van der Waals surface area (Å²) in [6.45, 7) is 0. The van der Waals surface area contributed by atoms with Crippen LogP contribution in [0, 0.1) is 0 Å². The van der Waals surface area contributed by atoms with Crippen molar-refractivity contribution in [1.29, 1.82) is 0 Å². The molecule has 1 aliphatic rings. The average molecular weight is 341 g/mol. The van der Waals surface area contributed by atoms with Gasteiger partial charge in [0.15, 0.2) is 0 Å². The third-order valence-electron chi connectivity index (χ3n) is 3.17. The highest BCUT2D eigenvalue weighted by Crippen LogP contribution is 2.31. The fraction of sp³-hybridized carbons (Fsp3) is 0.0769. The number of carbonyl (C=O) groups excluding carboxylic acids is 2. The Labute approximate surface area is 130 Å². The number of esters is 1. The van der Waals surface area contributed by atoms with Gasteiger partial charge in [-0.1, -0.05) is 11.6 Å². The molecule has 1 aliphatic heterocycles. The van der Waals surface area contributed by atoms with Crippen LogP contribution in [0.4, 0.5) is 5.69 Å². The number of halogens is 1. The van der Waals surface area contributed by atoms with Crippen molar-refractivity contribution in [1.82, 2.24) is 3.97 Å². The van der Waals surface area contributed by atoms with E-state index in [4.69, 9.17) is 11.6 Å². The molecule has 9 heteroatoms. The van der Waals surface area contributed by atoms with E-state index in [0.717, 1.165) is 10.2 Å². The molecule has 0 fully saturated rings. The van der Waals surface area contributed by atoms with Gasteiger partial charge in [-0.3, -0.25) is 4.79 Å². The van der Waals surface area contributed by atoms with Crippen molar-refractivity contribution in [3.63, 3.8) is 0 Å². The topological polar surface area (TPSA) is 94.5 Å². The number of nitrogens with one attached hydrogen (secondary N) is 1. The van der Waals surface area contributed by atoms with Gasteiger partial charge in [0.05, 0.1) is 23.4 Å². The van der Waals surface area contributed by atoms with Crippen LogP contribution in [0.5, 0.6) is 0 Å². The maximum Gasteiger partial charge on any atom is 0.337 e. The summed E-state index contributed by atoms with van der Waals surface area (Å²) in [5.74, 6) is -1.28. The number of anilines is 1. The highest BCUT2D eigenvalue weighted by atomic mass is 35.5. The summed E-state index contributed by atoms with van der Waals surface area (Å²) in [4.78, 5) is 23.5. The van der Waals surface area contributed by atoms with Gasteiger partial charge in [0, 0.05) is 6.20 Å². The summed E-state index contributed by atoms with van der Waals surface area (Å²) in [6.07, 6.45) is 1.15. The summed E-state index contributed by atoms with van der Waals surface area (Å²) in [6, 6.07) is 5.05. The molecule has 0 unspecified atom stereocenters. The smallest absolute Gasteiger partial charge is 0.337 e. The third-order valence-corrected chi connectivity index (χ3v) is 5.11. The Balaban J connectivity index is 2.26. The first kappa shape index (κ1) is 14.6. The first-order chi connectivity index (χ1) is 10.3. The van der Waals surface area contributed by atoms with Crippen LogP contribution in [0.25, 0.3) is 0 Å². The van der Waals surface area contributed by atoms with Crippen molar-refractivity contribution in [2.45, 2.75) is 4.90 Å². The highest BCUT2D eigenvalue weighted by Gasteiger charge is 2.31. The lowest BCUT2D eigenvalue weighted by atomic mass is 10.2. The summed E-state index contributed by atoms with van der Waals surface area (Å²) < 4.78 is 30.6. The minimum Gasteiger partial charge on any atom is -0.465 e. The van der Waals surface area contributed by atoms with E-state index in [1.54, 1.807) is 0 Å². The van der Waals surface area contributed by atoms with Gasteiger partial charge in [-0.15, -0.1) is 0 Å². The second-order valence-electron chi connectivity index (χ2n) is 4.50. The molecule has 22 heavy (non-hydrogen) atoms. The van der Waals surface area contributed by atoms with Gasteiger partial charge in [-0.05, 0) is 24.3 Å². The molecule has 1 amide bonds. The van der Waals surface area contributed by atoms with Gasteiger partial charge in [0.2, 0.25) is 0 Å². The molecule has 0 saturated heterocycles. The Hall–Kier alpha value is -2.32. The van der Waals surface area contributed by atoms with Crippen molar-refractivity contribution in [3.8, 4) is 0 Å². The van der Waals surface area contributed by atoms with E-state index >= 15 is 0 Å².